The van der Waals surface area contributed by atoms with E-state index in [-0.39, 0.29) is 0 Å². The Bertz CT molecular complexity index is 1270. The lowest BCUT2D eigenvalue weighted by Gasteiger charge is -2.14. The van der Waals surface area contributed by atoms with Crippen molar-refractivity contribution < 1.29 is 7.58 Å². The molecule has 0 spiro atoms. The number of benzene rings is 3. The highest BCUT2D eigenvalue weighted by Crippen LogP contribution is 2.33. The van der Waals surface area contributed by atoms with Crippen molar-refractivity contribution in [2.24, 2.45) is 0 Å². The number of imidazole rings is 1. The third kappa shape index (κ3) is 3.67. The van der Waals surface area contributed by atoms with Gasteiger partial charge in [-0.05, 0) is 48.5 Å². The van der Waals surface area contributed by atoms with E-state index in [9.17, 15) is 0 Å². The fourth-order valence-electron chi connectivity index (χ4n) is 3.30. The van der Waals surface area contributed by atoms with E-state index < -0.39 is 15.9 Å². The predicted molar refractivity (Wildman–Crippen MR) is 118 cm³/mol. The van der Waals surface area contributed by atoms with E-state index in [0.29, 0.717) is 0 Å². The van der Waals surface area contributed by atoms with E-state index >= 15 is 0 Å². The summed E-state index contributed by atoms with van der Waals surface area (Å²) < 4.78 is 13.9. The molecule has 0 amide bonds. The Morgan fingerprint density at radius 3 is 2.27 bits per heavy atom. The Kier molecular flexibility index (Phi) is 5.18. The van der Waals surface area contributed by atoms with Crippen LogP contribution in [0, 0.1) is 0 Å². The fourth-order valence-corrected chi connectivity index (χ4v) is 3.92. The number of nitrogens with zero attached hydrogens (tertiary/aromatic N) is 3. The number of hydrogen-bond donors (Lipinski definition) is 0. The van der Waals surface area contributed by atoms with Crippen LogP contribution in [0.25, 0.3) is 28.2 Å². The summed E-state index contributed by atoms with van der Waals surface area (Å²) >= 11 is -0.720. The van der Waals surface area contributed by atoms with Crippen molar-refractivity contribution in [3.63, 3.8) is 0 Å². The predicted octanol–water partition coefficient (Wildman–Crippen LogP) is 5.08. The Labute approximate surface area is 181 Å². The highest BCUT2D eigenvalue weighted by Gasteiger charge is 2.19. The van der Waals surface area contributed by atoms with Crippen LogP contribution in [0.1, 0.15) is 0 Å². The summed E-state index contributed by atoms with van der Waals surface area (Å²) in [5.41, 5.74) is 3.53. The van der Waals surface area contributed by atoms with E-state index in [4.69, 9.17) is 12.6 Å². The third-order valence-corrected chi connectivity index (χ3v) is 5.38. The van der Waals surface area contributed by atoms with Gasteiger partial charge in [-0.1, -0.05) is 48.5 Å². The minimum absolute atomic E-state index is 0.720. The minimum atomic E-state index is -0.720. The van der Waals surface area contributed by atoms with Gasteiger partial charge in [-0.3, -0.25) is 4.57 Å². The van der Waals surface area contributed by atoms with Crippen LogP contribution in [0.3, 0.4) is 0 Å². The van der Waals surface area contributed by atoms with Gasteiger partial charge in [-0.25, -0.2) is 9.97 Å². The van der Waals surface area contributed by atoms with E-state index in [0.717, 1.165) is 39.7 Å². The van der Waals surface area contributed by atoms with Crippen molar-refractivity contribution in [2.75, 3.05) is 0 Å². The Hall–Kier alpha value is -3.59. The molecule has 0 aliphatic heterocycles. The molecule has 6 heteroatoms. The van der Waals surface area contributed by atoms with Crippen LogP contribution in [0.2, 0.25) is 0 Å². The Morgan fingerprint density at radius 1 is 0.700 bits per heavy atom. The van der Waals surface area contributed by atoms with Crippen LogP contribution in [0.15, 0.2) is 103 Å². The first-order chi connectivity index (χ1) is 14.9. The maximum absolute atomic E-state index is 6.07. The quantitative estimate of drug-likeness (QED) is 0.369. The maximum Gasteiger partial charge on any atom is 0.881 e. The molecule has 2 heterocycles. The molecule has 1 radical (unpaired) electrons. The number of para-hydroxylation sites is 3. The van der Waals surface area contributed by atoms with E-state index in [1.165, 1.54) is 0 Å². The first-order valence-corrected chi connectivity index (χ1v) is 10.5. The molecule has 0 aliphatic carbocycles. The number of hydrogen-bond acceptors (Lipinski definition) is 4. The van der Waals surface area contributed by atoms with Gasteiger partial charge in [-0.15, -0.1) is 0 Å². The monoisotopic (exact) mass is 406 g/mol. The highest BCUT2D eigenvalue weighted by atomic mass is 27.2. The zero-order chi connectivity index (χ0) is 20.2. The minimum Gasteiger partial charge on any atom is -0.616 e. The zero-order valence-electron chi connectivity index (χ0n) is 16.1. The second-order valence-corrected chi connectivity index (χ2v) is 7.26. The SMILES string of the molecule is c1ccc([O][Al][O]c2ccccc2-c2nc3cccnc3n2-c2ccccc2)cc1. The second-order valence-electron chi connectivity index (χ2n) is 6.59. The lowest BCUT2D eigenvalue weighted by atomic mass is 10.2. The molecule has 3 aromatic carbocycles. The summed E-state index contributed by atoms with van der Waals surface area (Å²) in [5, 5.41) is 0. The van der Waals surface area contributed by atoms with Gasteiger partial charge >= 0.3 is 15.9 Å². The van der Waals surface area contributed by atoms with E-state index in [1.54, 1.807) is 6.20 Å². The number of fused-ring (bicyclic) bond motifs is 1. The topological polar surface area (TPSA) is 49.2 Å². The molecule has 0 aliphatic rings. The van der Waals surface area contributed by atoms with Crippen LogP contribution < -0.4 is 7.58 Å². The maximum atomic E-state index is 6.07. The van der Waals surface area contributed by atoms with Gasteiger partial charge in [0.25, 0.3) is 0 Å². The Morgan fingerprint density at radius 2 is 1.43 bits per heavy atom. The summed E-state index contributed by atoms with van der Waals surface area (Å²) in [6.45, 7) is 0. The molecule has 0 saturated carbocycles. The highest BCUT2D eigenvalue weighted by molar-refractivity contribution is 6.21. The summed E-state index contributed by atoms with van der Waals surface area (Å²) in [7, 11) is 0. The summed E-state index contributed by atoms with van der Waals surface area (Å²) in [6, 6.07) is 31.6. The van der Waals surface area contributed by atoms with Gasteiger partial charge in [-0.2, -0.15) is 0 Å². The van der Waals surface area contributed by atoms with Crippen molar-refractivity contribution in [3.05, 3.63) is 103 Å². The van der Waals surface area contributed by atoms with Crippen molar-refractivity contribution in [1.82, 2.24) is 14.5 Å². The molecule has 143 valence electrons. The molecule has 0 bridgehead atoms. The molecule has 0 N–H and O–H groups in total. The fraction of sp³-hybridized carbons (Fsp3) is 0. The molecule has 0 atom stereocenters. The van der Waals surface area contributed by atoms with Crippen LogP contribution in [-0.2, 0) is 0 Å². The lowest BCUT2D eigenvalue weighted by molar-refractivity contribution is 0.460. The van der Waals surface area contributed by atoms with E-state index in [1.807, 2.05) is 97.1 Å². The molecular formula is C24H17AlN3O2. The number of pyridine rings is 1. The summed E-state index contributed by atoms with van der Waals surface area (Å²) in [5.74, 6) is 2.31. The van der Waals surface area contributed by atoms with Crippen molar-refractivity contribution in [2.45, 2.75) is 0 Å². The van der Waals surface area contributed by atoms with Crippen molar-refractivity contribution in [3.8, 4) is 28.6 Å². The van der Waals surface area contributed by atoms with Gasteiger partial charge in [0.1, 0.15) is 5.52 Å². The van der Waals surface area contributed by atoms with Crippen molar-refractivity contribution in [1.29, 1.82) is 0 Å². The van der Waals surface area contributed by atoms with Gasteiger partial charge in [0.05, 0.1) is 17.1 Å². The third-order valence-electron chi connectivity index (χ3n) is 4.66. The first kappa shape index (κ1) is 18.4. The first-order valence-electron chi connectivity index (χ1n) is 9.58. The molecule has 2 aromatic heterocycles. The molecule has 0 saturated heterocycles. The van der Waals surface area contributed by atoms with Gasteiger partial charge in [0.15, 0.2) is 11.5 Å². The Balaban J connectivity index is 1.55. The van der Waals surface area contributed by atoms with Crippen LogP contribution in [-0.4, -0.2) is 30.4 Å². The molecular weight excluding hydrogens is 389 g/mol. The normalized spacial score (nSPS) is 10.7. The van der Waals surface area contributed by atoms with Crippen LogP contribution in [0.4, 0.5) is 0 Å². The molecule has 5 rings (SSSR count). The largest absolute Gasteiger partial charge is 0.881 e. The standard InChI is InChI=1S/C18H13N3O.C6H6O.Al/c22-16-11-5-4-9-14(16)17-20-15-10-6-12-19-18(15)21(17)13-7-2-1-3-8-13;7-6-4-2-1-3-5-6;/h1-12,22H;1-5,7H;/q;;+2/p-2. The second kappa shape index (κ2) is 8.42. The summed E-state index contributed by atoms with van der Waals surface area (Å²) in [6.07, 6.45) is 1.79. The smallest absolute Gasteiger partial charge is 0.616 e. The van der Waals surface area contributed by atoms with Gasteiger partial charge < -0.3 is 7.58 Å². The lowest BCUT2D eigenvalue weighted by Crippen LogP contribution is -2.11. The van der Waals surface area contributed by atoms with E-state index in [2.05, 4.69) is 9.55 Å². The molecule has 5 nitrogen and oxygen atoms in total. The molecule has 0 fully saturated rings. The van der Waals surface area contributed by atoms with Gasteiger partial charge in [0.2, 0.25) is 0 Å². The molecule has 0 unspecified atom stereocenters. The average molecular weight is 406 g/mol. The average Bonchev–Trinajstić information content (AvgIpc) is 3.20. The van der Waals surface area contributed by atoms with Crippen LogP contribution >= 0.6 is 0 Å². The number of rotatable bonds is 6. The molecule has 30 heavy (non-hydrogen) atoms. The van der Waals surface area contributed by atoms with Gasteiger partial charge in [0, 0.05) is 11.9 Å². The zero-order valence-corrected chi connectivity index (χ0v) is 17.2. The summed E-state index contributed by atoms with van der Waals surface area (Å²) in [4.78, 5) is 9.45. The van der Waals surface area contributed by atoms with Crippen molar-refractivity contribution >= 4 is 27.1 Å². The number of aromatic nitrogens is 3. The molecule has 5 aromatic rings. The van der Waals surface area contributed by atoms with Crippen LogP contribution in [0.5, 0.6) is 11.5 Å².